The lowest BCUT2D eigenvalue weighted by Gasteiger charge is -2.32. The molecule has 1 saturated heterocycles. The van der Waals surface area contributed by atoms with Crippen LogP contribution < -0.4 is 5.32 Å². The molecule has 0 bridgehead atoms. The maximum absolute atomic E-state index is 12.5. The summed E-state index contributed by atoms with van der Waals surface area (Å²) in [6.07, 6.45) is 0. The van der Waals surface area contributed by atoms with Crippen LogP contribution in [-0.4, -0.2) is 48.9 Å². The van der Waals surface area contributed by atoms with Crippen LogP contribution in [0.1, 0.15) is 32.6 Å². The molecule has 2 aromatic carbocycles. The minimum atomic E-state index is -0.132. The van der Waals surface area contributed by atoms with Crippen molar-refractivity contribution in [1.82, 2.24) is 9.80 Å². The van der Waals surface area contributed by atoms with Gasteiger partial charge in [-0.2, -0.15) is 0 Å². The Bertz CT molecular complexity index is 792. The van der Waals surface area contributed by atoms with Gasteiger partial charge in [0, 0.05) is 44.0 Å². The van der Waals surface area contributed by atoms with E-state index in [9.17, 15) is 4.79 Å². The van der Waals surface area contributed by atoms with Gasteiger partial charge in [0.1, 0.15) is 0 Å². The first-order valence-corrected chi connectivity index (χ1v) is 9.09. The molecule has 1 aliphatic rings. The van der Waals surface area contributed by atoms with Gasteiger partial charge in [0.25, 0.3) is 5.91 Å². The van der Waals surface area contributed by atoms with E-state index in [0.29, 0.717) is 11.1 Å². The number of likely N-dealkylation sites (N-methyl/N-ethyl adjacent to an activating group) is 1. The molecular weight excluding hydrogens is 322 g/mol. The number of rotatable bonds is 4. The maximum atomic E-state index is 12.5. The lowest BCUT2D eigenvalue weighted by Crippen LogP contribution is -2.43. The third-order valence-electron chi connectivity index (χ3n) is 4.94. The Labute approximate surface area is 156 Å². The molecule has 2 radical (unpaired) electrons. The lowest BCUT2D eigenvalue weighted by atomic mass is 10.1. The first-order valence-electron chi connectivity index (χ1n) is 9.09. The van der Waals surface area contributed by atoms with Gasteiger partial charge in [0.2, 0.25) is 0 Å². The first kappa shape index (κ1) is 18.6. The second-order valence-corrected chi connectivity index (χ2v) is 7.31. The highest BCUT2D eigenvalue weighted by Crippen LogP contribution is 2.19. The number of hydrogen-bond acceptors (Lipinski definition) is 3. The molecule has 0 aliphatic carbocycles. The van der Waals surface area contributed by atoms with E-state index in [1.807, 2.05) is 25.1 Å². The van der Waals surface area contributed by atoms with Crippen molar-refractivity contribution in [1.29, 1.82) is 0 Å². The molecular formula is C22H27N3O. The Morgan fingerprint density at radius 3 is 2.50 bits per heavy atom. The average Bonchev–Trinajstić information content (AvgIpc) is 2.59. The molecule has 0 spiro atoms. The Morgan fingerprint density at radius 1 is 1.08 bits per heavy atom. The average molecular weight is 349 g/mol. The van der Waals surface area contributed by atoms with Gasteiger partial charge in [-0.1, -0.05) is 12.1 Å². The molecule has 1 fully saturated rings. The van der Waals surface area contributed by atoms with Crippen molar-refractivity contribution in [2.24, 2.45) is 0 Å². The largest absolute Gasteiger partial charge is 0.322 e. The van der Waals surface area contributed by atoms with Crippen LogP contribution in [0.3, 0.4) is 0 Å². The van der Waals surface area contributed by atoms with Gasteiger partial charge in [0.05, 0.1) is 0 Å². The quantitative estimate of drug-likeness (QED) is 0.919. The summed E-state index contributed by atoms with van der Waals surface area (Å²) in [5, 5.41) is 3.01. The molecule has 3 rings (SSSR count). The summed E-state index contributed by atoms with van der Waals surface area (Å²) in [7, 11) is 2.16. The normalized spacial score (nSPS) is 15.8. The molecule has 1 N–H and O–H groups in total. The van der Waals surface area contributed by atoms with E-state index in [4.69, 9.17) is 6.92 Å². The van der Waals surface area contributed by atoms with Crippen LogP contribution in [0.25, 0.3) is 0 Å². The number of carbonyl (C=O) groups excluding carboxylic acids is 1. The molecule has 4 heteroatoms. The van der Waals surface area contributed by atoms with Gasteiger partial charge in [-0.3, -0.25) is 9.69 Å². The Hall–Kier alpha value is -2.17. The maximum Gasteiger partial charge on any atom is 0.255 e. The molecule has 0 atom stereocenters. The summed E-state index contributed by atoms with van der Waals surface area (Å²) in [6, 6.07) is 11.7. The van der Waals surface area contributed by atoms with Gasteiger partial charge in [-0.25, -0.2) is 0 Å². The predicted octanol–water partition coefficient (Wildman–Crippen LogP) is 3.36. The molecule has 0 aromatic heterocycles. The van der Waals surface area contributed by atoms with E-state index in [1.54, 1.807) is 6.07 Å². The van der Waals surface area contributed by atoms with E-state index in [2.05, 4.69) is 41.2 Å². The lowest BCUT2D eigenvalue weighted by molar-refractivity contribution is 0.102. The molecule has 0 saturated carbocycles. The topological polar surface area (TPSA) is 35.6 Å². The zero-order chi connectivity index (χ0) is 18.7. The van der Waals surface area contributed by atoms with Gasteiger partial charge < -0.3 is 10.2 Å². The number of carbonyl (C=O) groups is 1. The van der Waals surface area contributed by atoms with Crippen molar-refractivity contribution in [3.05, 3.63) is 71.1 Å². The Morgan fingerprint density at radius 2 is 1.81 bits per heavy atom. The van der Waals surface area contributed by atoms with Crippen molar-refractivity contribution in [2.75, 3.05) is 38.5 Å². The monoisotopic (exact) mass is 349 g/mol. The van der Waals surface area contributed by atoms with Crippen molar-refractivity contribution in [3.63, 3.8) is 0 Å². The highest BCUT2D eigenvalue weighted by molar-refractivity contribution is 6.04. The van der Waals surface area contributed by atoms with E-state index < -0.39 is 0 Å². The zero-order valence-electron chi connectivity index (χ0n) is 15.9. The summed E-state index contributed by atoms with van der Waals surface area (Å²) in [4.78, 5) is 17.4. The molecule has 2 aromatic rings. The summed E-state index contributed by atoms with van der Waals surface area (Å²) < 4.78 is 0. The van der Waals surface area contributed by atoms with Crippen LogP contribution in [0, 0.1) is 20.8 Å². The minimum absolute atomic E-state index is 0.132. The Kier molecular flexibility index (Phi) is 5.74. The van der Waals surface area contributed by atoms with Gasteiger partial charge >= 0.3 is 0 Å². The number of hydrogen-bond donors (Lipinski definition) is 1. The molecule has 4 nitrogen and oxygen atoms in total. The molecule has 136 valence electrons. The predicted molar refractivity (Wildman–Crippen MR) is 106 cm³/mol. The molecule has 0 unspecified atom stereocenters. The number of nitrogens with one attached hydrogen (secondary N) is 1. The molecule has 26 heavy (non-hydrogen) atoms. The third kappa shape index (κ3) is 4.71. The van der Waals surface area contributed by atoms with Crippen LogP contribution in [-0.2, 0) is 6.54 Å². The van der Waals surface area contributed by atoms with E-state index >= 15 is 0 Å². The smallest absolute Gasteiger partial charge is 0.255 e. The van der Waals surface area contributed by atoms with Crippen LogP contribution in [0.2, 0.25) is 0 Å². The number of aryl methyl sites for hydroxylation is 2. The molecule has 1 heterocycles. The number of nitrogens with zero attached hydrogens (tertiary/aromatic N) is 2. The number of anilines is 1. The van der Waals surface area contributed by atoms with Crippen LogP contribution in [0.15, 0.2) is 36.4 Å². The first-order chi connectivity index (χ1) is 12.4. The molecule has 1 aliphatic heterocycles. The fraction of sp³-hybridized carbons (Fsp3) is 0.364. The van der Waals surface area contributed by atoms with Gasteiger partial charge in [-0.05, 0) is 74.3 Å². The molecule has 1 amide bonds. The van der Waals surface area contributed by atoms with Crippen LogP contribution in [0.4, 0.5) is 5.69 Å². The highest BCUT2D eigenvalue weighted by atomic mass is 16.1. The van der Waals surface area contributed by atoms with Gasteiger partial charge in [-0.15, -0.1) is 0 Å². The standard InChI is InChI=1S/C22H27N3O/c1-16-11-19(15-25-9-7-24(4)8-10-25)14-21(12-16)23-22(26)20-6-5-17(2)18(3)13-20/h3,5-6,11-14H,7-10,15H2,1-2,4H3,(H,23,26). The summed E-state index contributed by atoms with van der Waals surface area (Å²) in [5.74, 6) is -0.132. The van der Waals surface area contributed by atoms with Crippen molar-refractivity contribution >= 4 is 11.6 Å². The SMILES string of the molecule is [CH]c1cc(C(=O)Nc2cc(C)cc(CN3CCN(C)CC3)c2)ccc1C. The Balaban J connectivity index is 1.70. The summed E-state index contributed by atoms with van der Waals surface area (Å²) >= 11 is 0. The summed E-state index contributed by atoms with van der Waals surface area (Å²) in [5.41, 5.74) is 5.40. The number of amides is 1. The van der Waals surface area contributed by atoms with Crippen molar-refractivity contribution < 1.29 is 4.79 Å². The van der Waals surface area contributed by atoms with Crippen molar-refractivity contribution in [3.8, 4) is 0 Å². The van der Waals surface area contributed by atoms with E-state index in [1.165, 1.54) is 5.56 Å². The van der Waals surface area contributed by atoms with E-state index in [0.717, 1.165) is 49.5 Å². The van der Waals surface area contributed by atoms with Crippen molar-refractivity contribution in [2.45, 2.75) is 20.4 Å². The second kappa shape index (κ2) is 8.02. The summed E-state index contributed by atoms with van der Waals surface area (Å²) in [6.45, 7) is 15.2. The second-order valence-electron chi connectivity index (χ2n) is 7.31. The minimum Gasteiger partial charge on any atom is -0.322 e. The number of benzene rings is 2. The number of piperazine rings is 1. The van der Waals surface area contributed by atoms with Crippen LogP contribution >= 0.6 is 0 Å². The van der Waals surface area contributed by atoms with E-state index in [-0.39, 0.29) is 5.91 Å². The van der Waals surface area contributed by atoms with Gasteiger partial charge in [0.15, 0.2) is 0 Å². The fourth-order valence-electron chi connectivity index (χ4n) is 3.28. The fourth-order valence-corrected chi connectivity index (χ4v) is 3.28. The zero-order valence-corrected chi connectivity index (χ0v) is 15.9. The van der Waals surface area contributed by atoms with Crippen LogP contribution in [0.5, 0.6) is 0 Å². The third-order valence-corrected chi connectivity index (χ3v) is 4.94. The highest BCUT2D eigenvalue weighted by Gasteiger charge is 2.15.